The van der Waals surface area contributed by atoms with Crippen molar-refractivity contribution in [1.82, 2.24) is 0 Å². The first-order valence-electron chi connectivity index (χ1n) is 9.31. The molecule has 0 aliphatic carbocycles. The van der Waals surface area contributed by atoms with Crippen LogP contribution in [0.2, 0.25) is 0 Å². The Morgan fingerprint density at radius 1 is 0.750 bits per heavy atom. The summed E-state index contributed by atoms with van der Waals surface area (Å²) in [6.07, 6.45) is 0. The van der Waals surface area contributed by atoms with Crippen LogP contribution >= 0.6 is 0 Å². The van der Waals surface area contributed by atoms with Crippen molar-refractivity contribution in [1.29, 1.82) is 0 Å². The first kappa shape index (κ1) is 19.4. The number of hydrogen-bond donors (Lipinski definition) is 4. The summed E-state index contributed by atoms with van der Waals surface area (Å²) < 4.78 is 0. The van der Waals surface area contributed by atoms with Gasteiger partial charge in [-0.25, -0.2) is 0 Å². The van der Waals surface area contributed by atoms with Crippen molar-refractivity contribution in [3.63, 3.8) is 0 Å². The van der Waals surface area contributed by atoms with Crippen LogP contribution in [0.25, 0.3) is 11.1 Å². The average molecular weight is 376 g/mol. The number of hydrogen-bond acceptors (Lipinski definition) is 5. The lowest BCUT2D eigenvalue weighted by Gasteiger charge is -2.23. The zero-order valence-corrected chi connectivity index (χ0v) is 17.0. The van der Waals surface area contributed by atoms with E-state index in [1.165, 1.54) is 5.56 Å². The number of benzene rings is 3. The third kappa shape index (κ3) is 3.43. The lowest BCUT2D eigenvalue weighted by atomic mass is 9.89. The van der Waals surface area contributed by atoms with Crippen molar-refractivity contribution in [3.8, 4) is 11.1 Å². The summed E-state index contributed by atoms with van der Waals surface area (Å²) in [7, 11) is 4.04. The normalized spacial score (nSPS) is 12.0. The molecule has 28 heavy (non-hydrogen) atoms. The summed E-state index contributed by atoms with van der Waals surface area (Å²) in [5.41, 5.74) is 33.6. The van der Waals surface area contributed by atoms with E-state index in [4.69, 9.17) is 22.9 Å². The Kier molecular flexibility index (Phi) is 5.10. The van der Waals surface area contributed by atoms with Gasteiger partial charge in [0, 0.05) is 59.6 Å². The SMILES string of the molecule is Cc1c(N)cc(C(C)c2ccc(-c3c(N)cccc3N)c(N(C)C)c2)cc1N. The third-order valence-corrected chi connectivity index (χ3v) is 5.41. The van der Waals surface area contributed by atoms with E-state index < -0.39 is 0 Å². The second-order valence-corrected chi connectivity index (χ2v) is 7.53. The second kappa shape index (κ2) is 7.35. The van der Waals surface area contributed by atoms with Gasteiger partial charge in [0.15, 0.2) is 0 Å². The van der Waals surface area contributed by atoms with Gasteiger partial charge in [0.25, 0.3) is 0 Å². The second-order valence-electron chi connectivity index (χ2n) is 7.53. The molecule has 0 aliphatic rings. The Morgan fingerprint density at radius 3 is 1.86 bits per heavy atom. The highest BCUT2D eigenvalue weighted by molar-refractivity contribution is 5.93. The predicted octanol–water partition coefficient (Wildman–Crippen LogP) is 4.21. The largest absolute Gasteiger partial charge is 0.398 e. The molecule has 8 N–H and O–H groups in total. The molecule has 0 radical (unpaired) electrons. The van der Waals surface area contributed by atoms with Crippen LogP contribution in [-0.4, -0.2) is 14.1 Å². The molecular weight excluding hydrogens is 346 g/mol. The molecule has 0 saturated carbocycles. The minimum absolute atomic E-state index is 0.142. The molecule has 0 aromatic heterocycles. The number of nitrogen functional groups attached to an aromatic ring is 4. The molecule has 0 fully saturated rings. The van der Waals surface area contributed by atoms with Crippen LogP contribution in [0.15, 0.2) is 48.5 Å². The van der Waals surface area contributed by atoms with Gasteiger partial charge in [-0.15, -0.1) is 0 Å². The lowest BCUT2D eigenvalue weighted by Crippen LogP contribution is -2.12. The molecule has 0 spiro atoms. The van der Waals surface area contributed by atoms with E-state index in [1.807, 2.05) is 51.4 Å². The van der Waals surface area contributed by atoms with Crippen molar-refractivity contribution in [2.75, 3.05) is 41.9 Å². The van der Waals surface area contributed by atoms with Crippen LogP contribution in [-0.2, 0) is 0 Å². The van der Waals surface area contributed by atoms with Crippen LogP contribution in [0.4, 0.5) is 28.4 Å². The maximum Gasteiger partial charge on any atom is 0.0445 e. The quantitative estimate of drug-likeness (QED) is 0.511. The van der Waals surface area contributed by atoms with Gasteiger partial charge < -0.3 is 27.8 Å². The first-order chi connectivity index (χ1) is 13.2. The molecular formula is C23H29N5. The molecule has 0 aliphatic heterocycles. The van der Waals surface area contributed by atoms with Crippen LogP contribution in [0.5, 0.6) is 0 Å². The van der Waals surface area contributed by atoms with Crippen molar-refractivity contribution in [2.45, 2.75) is 19.8 Å². The van der Waals surface area contributed by atoms with Crippen molar-refractivity contribution >= 4 is 28.4 Å². The molecule has 3 aromatic rings. The Bertz CT molecular complexity index is 980. The van der Waals surface area contributed by atoms with Crippen LogP contribution < -0.4 is 27.8 Å². The molecule has 1 atom stereocenters. The van der Waals surface area contributed by atoms with E-state index >= 15 is 0 Å². The first-order valence-corrected chi connectivity index (χ1v) is 9.31. The Hall–Kier alpha value is -3.34. The smallest absolute Gasteiger partial charge is 0.0445 e. The van der Waals surface area contributed by atoms with E-state index in [0.29, 0.717) is 11.4 Å². The highest BCUT2D eigenvalue weighted by Gasteiger charge is 2.17. The fraction of sp³-hybridized carbons (Fsp3) is 0.217. The van der Waals surface area contributed by atoms with Crippen molar-refractivity contribution in [2.24, 2.45) is 0 Å². The molecule has 5 nitrogen and oxygen atoms in total. The van der Waals surface area contributed by atoms with Crippen molar-refractivity contribution in [3.05, 3.63) is 65.2 Å². The Morgan fingerprint density at radius 2 is 1.32 bits per heavy atom. The van der Waals surface area contributed by atoms with E-state index in [9.17, 15) is 0 Å². The topological polar surface area (TPSA) is 107 Å². The van der Waals surface area contributed by atoms with E-state index in [2.05, 4.69) is 30.0 Å². The maximum atomic E-state index is 6.23. The zero-order valence-electron chi connectivity index (χ0n) is 17.0. The highest BCUT2D eigenvalue weighted by atomic mass is 15.1. The van der Waals surface area contributed by atoms with Gasteiger partial charge in [-0.05, 0) is 53.9 Å². The number of nitrogens with two attached hydrogens (primary N) is 4. The molecule has 0 bridgehead atoms. The predicted molar refractivity (Wildman–Crippen MR) is 123 cm³/mol. The Labute approximate surface area is 166 Å². The van der Waals surface area contributed by atoms with Crippen LogP contribution in [0.1, 0.15) is 29.5 Å². The molecule has 1 unspecified atom stereocenters. The maximum absolute atomic E-state index is 6.23. The highest BCUT2D eigenvalue weighted by Crippen LogP contribution is 2.40. The van der Waals surface area contributed by atoms with Gasteiger partial charge in [-0.3, -0.25) is 0 Å². The summed E-state index contributed by atoms with van der Waals surface area (Å²) in [5, 5.41) is 0. The third-order valence-electron chi connectivity index (χ3n) is 5.41. The fourth-order valence-electron chi connectivity index (χ4n) is 3.53. The summed E-state index contributed by atoms with van der Waals surface area (Å²) in [5.74, 6) is 0.142. The molecule has 3 rings (SSSR count). The molecule has 0 amide bonds. The Balaban J connectivity index is 2.11. The van der Waals surface area contributed by atoms with E-state index in [0.717, 1.165) is 39.3 Å². The summed E-state index contributed by atoms with van der Waals surface area (Å²) in [6.45, 7) is 4.09. The minimum atomic E-state index is 0.142. The van der Waals surface area contributed by atoms with Gasteiger partial charge in [0.1, 0.15) is 0 Å². The average Bonchev–Trinajstić information content (AvgIpc) is 2.65. The monoisotopic (exact) mass is 375 g/mol. The molecule has 3 aromatic carbocycles. The lowest BCUT2D eigenvalue weighted by molar-refractivity contribution is 0.920. The van der Waals surface area contributed by atoms with Gasteiger partial charge in [-0.1, -0.05) is 25.1 Å². The number of rotatable bonds is 4. The van der Waals surface area contributed by atoms with Crippen molar-refractivity contribution < 1.29 is 0 Å². The fourth-order valence-corrected chi connectivity index (χ4v) is 3.53. The summed E-state index contributed by atoms with van der Waals surface area (Å²) in [6, 6.07) is 16.0. The van der Waals surface area contributed by atoms with E-state index in [1.54, 1.807) is 0 Å². The summed E-state index contributed by atoms with van der Waals surface area (Å²) in [4.78, 5) is 2.08. The zero-order chi connectivity index (χ0) is 20.6. The van der Waals surface area contributed by atoms with Gasteiger partial charge in [0.05, 0.1) is 0 Å². The molecule has 5 heteroatoms. The minimum Gasteiger partial charge on any atom is -0.398 e. The molecule has 146 valence electrons. The van der Waals surface area contributed by atoms with Gasteiger partial charge >= 0.3 is 0 Å². The van der Waals surface area contributed by atoms with Crippen LogP contribution in [0.3, 0.4) is 0 Å². The van der Waals surface area contributed by atoms with Gasteiger partial charge in [-0.2, -0.15) is 0 Å². The molecule has 0 heterocycles. The molecule has 0 saturated heterocycles. The number of nitrogens with zero attached hydrogens (tertiary/aromatic N) is 1. The number of anilines is 5. The van der Waals surface area contributed by atoms with E-state index in [-0.39, 0.29) is 5.92 Å². The van der Waals surface area contributed by atoms with Crippen LogP contribution in [0, 0.1) is 6.92 Å². The standard InChI is InChI=1S/C23H29N5/c1-13(16-10-20(26)14(2)21(27)11-16)15-8-9-17(22(12-15)28(3)4)23-18(24)6-5-7-19(23)25/h5-13H,24-27H2,1-4H3. The van der Waals surface area contributed by atoms with Gasteiger partial charge in [0.2, 0.25) is 0 Å². The summed E-state index contributed by atoms with van der Waals surface area (Å²) >= 11 is 0.